The van der Waals surface area contributed by atoms with Gasteiger partial charge in [-0.2, -0.15) is 0 Å². The summed E-state index contributed by atoms with van der Waals surface area (Å²) in [5.41, 5.74) is 0. The van der Waals surface area contributed by atoms with Crippen LogP contribution in [0, 0.1) is 11.8 Å². The van der Waals surface area contributed by atoms with Crippen molar-refractivity contribution >= 4 is 0 Å². The second kappa shape index (κ2) is 5.86. The number of nitrogens with one attached hydrogen (secondary N) is 2. The highest BCUT2D eigenvalue weighted by molar-refractivity contribution is 4.77. The smallest absolute Gasteiger partial charge is 0.00418 e. The molecule has 2 rings (SSSR count). The molecule has 88 valence electrons. The molecule has 0 aromatic carbocycles. The molecule has 1 saturated carbocycles. The Morgan fingerprint density at radius 2 is 2.07 bits per heavy atom. The summed E-state index contributed by atoms with van der Waals surface area (Å²) in [5, 5.41) is 7.14. The van der Waals surface area contributed by atoms with Crippen molar-refractivity contribution in [1.29, 1.82) is 0 Å². The Kier molecular flexibility index (Phi) is 4.45. The van der Waals surface area contributed by atoms with Crippen LogP contribution in [-0.4, -0.2) is 25.7 Å². The molecule has 2 atom stereocenters. The van der Waals surface area contributed by atoms with Gasteiger partial charge in [0.25, 0.3) is 0 Å². The molecule has 0 amide bonds. The Balaban J connectivity index is 1.45. The van der Waals surface area contributed by atoms with Crippen LogP contribution < -0.4 is 10.6 Å². The predicted octanol–water partition coefficient (Wildman–Crippen LogP) is 2.15. The standard InChI is InChI=1S/C13H26N2/c1-11-9-13(6-8-15-11)10-14-7-2-3-12-4-5-12/h11-15H,2-10H2,1H3. The van der Waals surface area contributed by atoms with Gasteiger partial charge in [-0.1, -0.05) is 12.8 Å². The molecule has 0 spiro atoms. The van der Waals surface area contributed by atoms with Crippen LogP contribution in [0.25, 0.3) is 0 Å². The monoisotopic (exact) mass is 210 g/mol. The number of piperidine rings is 1. The minimum atomic E-state index is 0.733. The summed E-state index contributed by atoms with van der Waals surface area (Å²) < 4.78 is 0. The van der Waals surface area contributed by atoms with Gasteiger partial charge < -0.3 is 10.6 Å². The average molecular weight is 210 g/mol. The molecule has 1 heterocycles. The van der Waals surface area contributed by atoms with Gasteiger partial charge in [0, 0.05) is 6.04 Å². The quantitative estimate of drug-likeness (QED) is 0.656. The molecular weight excluding hydrogens is 184 g/mol. The fourth-order valence-corrected chi connectivity index (χ4v) is 2.65. The molecule has 1 aliphatic heterocycles. The number of hydrogen-bond donors (Lipinski definition) is 2. The first kappa shape index (κ1) is 11.4. The minimum absolute atomic E-state index is 0.733. The zero-order chi connectivity index (χ0) is 10.5. The Hall–Kier alpha value is -0.0800. The molecule has 2 nitrogen and oxygen atoms in total. The van der Waals surface area contributed by atoms with Gasteiger partial charge >= 0.3 is 0 Å². The fourth-order valence-electron chi connectivity index (χ4n) is 2.65. The van der Waals surface area contributed by atoms with Crippen LogP contribution >= 0.6 is 0 Å². The third-order valence-corrected chi connectivity index (χ3v) is 3.83. The van der Waals surface area contributed by atoms with Crippen molar-refractivity contribution < 1.29 is 0 Å². The molecule has 2 heteroatoms. The van der Waals surface area contributed by atoms with E-state index in [-0.39, 0.29) is 0 Å². The Bertz CT molecular complexity index is 177. The second-order valence-electron chi connectivity index (χ2n) is 5.54. The molecule has 2 aliphatic rings. The average Bonchev–Trinajstić information content (AvgIpc) is 3.01. The zero-order valence-corrected chi connectivity index (χ0v) is 10.1. The summed E-state index contributed by atoms with van der Waals surface area (Å²) in [6.07, 6.45) is 8.59. The summed E-state index contributed by atoms with van der Waals surface area (Å²) in [7, 11) is 0. The summed E-state index contributed by atoms with van der Waals surface area (Å²) in [5.74, 6) is 2.02. The van der Waals surface area contributed by atoms with Gasteiger partial charge in [0.15, 0.2) is 0 Å². The van der Waals surface area contributed by atoms with E-state index in [9.17, 15) is 0 Å². The number of rotatable bonds is 6. The Labute approximate surface area is 94.2 Å². The van der Waals surface area contributed by atoms with Gasteiger partial charge in [0.2, 0.25) is 0 Å². The third-order valence-electron chi connectivity index (χ3n) is 3.83. The van der Waals surface area contributed by atoms with E-state index >= 15 is 0 Å². The van der Waals surface area contributed by atoms with Crippen LogP contribution in [0.4, 0.5) is 0 Å². The SMILES string of the molecule is CC1CC(CNCCCC2CC2)CCN1. The van der Waals surface area contributed by atoms with Crippen molar-refractivity contribution in [2.24, 2.45) is 11.8 Å². The summed E-state index contributed by atoms with van der Waals surface area (Å²) in [6, 6.07) is 0.733. The van der Waals surface area contributed by atoms with Crippen molar-refractivity contribution in [3.63, 3.8) is 0 Å². The maximum absolute atomic E-state index is 3.63. The molecule has 2 unspecified atom stereocenters. The lowest BCUT2D eigenvalue weighted by Gasteiger charge is -2.28. The maximum Gasteiger partial charge on any atom is 0.00418 e. The molecule has 0 bridgehead atoms. The van der Waals surface area contributed by atoms with Gasteiger partial charge in [0.05, 0.1) is 0 Å². The van der Waals surface area contributed by atoms with Crippen LogP contribution in [0.15, 0.2) is 0 Å². The van der Waals surface area contributed by atoms with Crippen LogP contribution in [0.3, 0.4) is 0 Å². The predicted molar refractivity (Wildman–Crippen MR) is 65.0 cm³/mol. The van der Waals surface area contributed by atoms with E-state index in [2.05, 4.69) is 17.6 Å². The van der Waals surface area contributed by atoms with E-state index in [0.717, 1.165) is 17.9 Å². The van der Waals surface area contributed by atoms with Gasteiger partial charge in [0.1, 0.15) is 0 Å². The van der Waals surface area contributed by atoms with Gasteiger partial charge in [-0.3, -0.25) is 0 Å². The maximum atomic E-state index is 3.63. The molecule has 0 aromatic heterocycles. The third kappa shape index (κ3) is 4.52. The summed E-state index contributed by atoms with van der Waals surface area (Å²) in [6.45, 7) is 6.01. The van der Waals surface area contributed by atoms with E-state index < -0.39 is 0 Å². The molecule has 0 aromatic rings. The molecule has 15 heavy (non-hydrogen) atoms. The molecular formula is C13H26N2. The highest BCUT2D eigenvalue weighted by atomic mass is 14.9. The molecule has 2 N–H and O–H groups in total. The van der Waals surface area contributed by atoms with E-state index in [0.29, 0.717) is 0 Å². The highest BCUT2D eigenvalue weighted by Crippen LogP contribution is 2.33. The normalized spacial score (nSPS) is 31.8. The Morgan fingerprint density at radius 1 is 1.20 bits per heavy atom. The van der Waals surface area contributed by atoms with Crippen LogP contribution in [0.5, 0.6) is 0 Å². The first-order valence-electron chi connectivity index (χ1n) is 6.78. The Morgan fingerprint density at radius 3 is 2.80 bits per heavy atom. The molecule has 2 fully saturated rings. The first-order valence-corrected chi connectivity index (χ1v) is 6.78. The van der Waals surface area contributed by atoms with Crippen molar-refractivity contribution in [3.8, 4) is 0 Å². The number of hydrogen-bond acceptors (Lipinski definition) is 2. The van der Waals surface area contributed by atoms with Gasteiger partial charge in [-0.15, -0.1) is 0 Å². The van der Waals surface area contributed by atoms with Crippen LogP contribution in [0.2, 0.25) is 0 Å². The molecule has 1 saturated heterocycles. The topological polar surface area (TPSA) is 24.1 Å². The lowest BCUT2D eigenvalue weighted by Crippen LogP contribution is -2.39. The van der Waals surface area contributed by atoms with E-state index in [1.165, 1.54) is 58.2 Å². The van der Waals surface area contributed by atoms with Crippen LogP contribution in [-0.2, 0) is 0 Å². The zero-order valence-electron chi connectivity index (χ0n) is 10.1. The van der Waals surface area contributed by atoms with Crippen LogP contribution in [0.1, 0.15) is 45.4 Å². The highest BCUT2D eigenvalue weighted by Gasteiger charge is 2.20. The van der Waals surface area contributed by atoms with Crippen molar-refractivity contribution in [1.82, 2.24) is 10.6 Å². The minimum Gasteiger partial charge on any atom is -0.316 e. The summed E-state index contributed by atoms with van der Waals surface area (Å²) in [4.78, 5) is 0. The van der Waals surface area contributed by atoms with E-state index in [4.69, 9.17) is 0 Å². The molecule has 0 radical (unpaired) electrons. The second-order valence-corrected chi connectivity index (χ2v) is 5.54. The lowest BCUT2D eigenvalue weighted by molar-refractivity contribution is 0.304. The molecule has 1 aliphatic carbocycles. The van der Waals surface area contributed by atoms with Crippen molar-refractivity contribution in [2.75, 3.05) is 19.6 Å². The van der Waals surface area contributed by atoms with Crippen molar-refractivity contribution in [3.05, 3.63) is 0 Å². The largest absolute Gasteiger partial charge is 0.316 e. The van der Waals surface area contributed by atoms with E-state index in [1.54, 1.807) is 0 Å². The summed E-state index contributed by atoms with van der Waals surface area (Å²) >= 11 is 0. The first-order chi connectivity index (χ1) is 7.34. The van der Waals surface area contributed by atoms with Gasteiger partial charge in [-0.25, -0.2) is 0 Å². The van der Waals surface area contributed by atoms with E-state index in [1.807, 2.05) is 0 Å². The fraction of sp³-hybridized carbons (Fsp3) is 1.00. The van der Waals surface area contributed by atoms with Gasteiger partial charge in [-0.05, 0) is 64.1 Å². The van der Waals surface area contributed by atoms with Crippen molar-refractivity contribution in [2.45, 2.75) is 51.5 Å². The lowest BCUT2D eigenvalue weighted by atomic mass is 9.93.